The van der Waals surface area contributed by atoms with Crippen molar-refractivity contribution in [1.82, 2.24) is 4.90 Å². The zero-order valence-corrected chi connectivity index (χ0v) is 13.5. The molecule has 0 spiro atoms. The van der Waals surface area contributed by atoms with Gasteiger partial charge in [0.25, 0.3) is 0 Å². The Hall–Kier alpha value is -1.39. The molecule has 1 saturated carbocycles. The molecule has 114 valence electrons. The van der Waals surface area contributed by atoms with Crippen LogP contribution in [-0.4, -0.2) is 17.4 Å². The summed E-state index contributed by atoms with van der Waals surface area (Å²) in [6.45, 7) is 1.38. The zero-order valence-electron chi connectivity index (χ0n) is 11.9. The summed E-state index contributed by atoms with van der Waals surface area (Å²) in [6.07, 6.45) is 2.58. The summed E-state index contributed by atoms with van der Waals surface area (Å²) in [5, 5.41) is 0. The summed E-state index contributed by atoms with van der Waals surface area (Å²) in [6, 6.07) is 8.35. The highest BCUT2D eigenvalue weighted by Crippen LogP contribution is 2.50. The fraction of sp³-hybridized carbons (Fsp3) is 0.353. The van der Waals surface area contributed by atoms with Gasteiger partial charge in [-0.25, -0.2) is 4.39 Å². The second-order valence-corrected chi connectivity index (χ2v) is 7.83. The van der Waals surface area contributed by atoms with E-state index >= 15 is 0 Å². The minimum absolute atomic E-state index is 0.173. The molecule has 1 amide bonds. The van der Waals surface area contributed by atoms with Crippen molar-refractivity contribution >= 4 is 28.8 Å². The van der Waals surface area contributed by atoms with Crippen molar-refractivity contribution in [1.29, 1.82) is 0 Å². The third-order valence-electron chi connectivity index (χ3n) is 4.68. The van der Waals surface area contributed by atoms with Gasteiger partial charge in [-0.3, -0.25) is 4.79 Å². The number of thiophene rings is 1. The number of fused-ring (bicyclic) bond motifs is 1. The van der Waals surface area contributed by atoms with Gasteiger partial charge in [-0.15, -0.1) is 11.3 Å². The van der Waals surface area contributed by atoms with Crippen molar-refractivity contribution in [2.24, 2.45) is 0 Å². The Kier molecular flexibility index (Phi) is 3.27. The molecule has 0 unspecified atom stereocenters. The maximum Gasteiger partial charge on any atom is 0.233 e. The van der Waals surface area contributed by atoms with E-state index in [1.54, 1.807) is 23.5 Å². The van der Waals surface area contributed by atoms with Gasteiger partial charge in [-0.05, 0) is 48.6 Å². The Morgan fingerprint density at radius 2 is 2.00 bits per heavy atom. The summed E-state index contributed by atoms with van der Waals surface area (Å²) in [5.74, 6) is -0.0883. The number of carbonyl (C=O) groups is 1. The molecule has 1 aliphatic heterocycles. The number of halogens is 2. The van der Waals surface area contributed by atoms with E-state index in [0.717, 1.165) is 35.7 Å². The van der Waals surface area contributed by atoms with Crippen molar-refractivity contribution in [3.05, 3.63) is 56.5 Å². The first-order valence-electron chi connectivity index (χ1n) is 7.41. The van der Waals surface area contributed by atoms with Crippen LogP contribution >= 0.6 is 22.9 Å². The maximum atomic E-state index is 13.1. The van der Waals surface area contributed by atoms with Gasteiger partial charge < -0.3 is 4.90 Å². The number of nitrogens with zero attached hydrogens (tertiary/aromatic N) is 1. The van der Waals surface area contributed by atoms with E-state index in [1.165, 1.54) is 22.6 Å². The van der Waals surface area contributed by atoms with Gasteiger partial charge >= 0.3 is 0 Å². The average molecular weight is 336 g/mol. The van der Waals surface area contributed by atoms with Gasteiger partial charge in [0, 0.05) is 18.0 Å². The molecule has 1 aromatic carbocycles. The van der Waals surface area contributed by atoms with Crippen molar-refractivity contribution in [2.45, 2.75) is 31.2 Å². The summed E-state index contributed by atoms with van der Waals surface area (Å²) < 4.78 is 13.9. The predicted molar refractivity (Wildman–Crippen MR) is 85.8 cm³/mol. The Morgan fingerprint density at radius 1 is 1.27 bits per heavy atom. The van der Waals surface area contributed by atoms with Crippen LogP contribution in [0.3, 0.4) is 0 Å². The quantitative estimate of drug-likeness (QED) is 0.807. The molecule has 0 bridgehead atoms. The van der Waals surface area contributed by atoms with E-state index in [4.69, 9.17) is 11.6 Å². The van der Waals surface area contributed by atoms with E-state index in [1.807, 2.05) is 11.0 Å². The number of benzene rings is 1. The third kappa shape index (κ3) is 2.25. The molecule has 2 nitrogen and oxygen atoms in total. The first kappa shape index (κ1) is 14.2. The molecule has 22 heavy (non-hydrogen) atoms. The van der Waals surface area contributed by atoms with E-state index < -0.39 is 5.41 Å². The molecule has 0 atom stereocenters. The normalized spacial score (nSPS) is 18.9. The molecule has 4 rings (SSSR count). The summed E-state index contributed by atoms with van der Waals surface area (Å²) in [5.41, 5.74) is 1.68. The van der Waals surface area contributed by atoms with Gasteiger partial charge in [0.05, 0.1) is 9.75 Å². The standard InChI is InChI=1S/C17H15ClFNOS/c18-15-9-11-10-20(8-5-14(11)22-15)16(21)17(6-7-17)12-1-3-13(19)4-2-12/h1-4,9H,5-8,10H2. The summed E-state index contributed by atoms with van der Waals surface area (Å²) in [7, 11) is 0. The van der Waals surface area contributed by atoms with Gasteiger partial charge in [0.2, 0.25) is 5.91 Å². The highest BCUT2D eigenvalue weighted by atomic mass is 35.5. The number of carbonyl (C=O) groups excluding carboxylic acids is 1. The minimum atomic E-state index is -0.426. The predicted octanol–water partition coefficient (Wildman–Crippen LogP) is 4.16. The van der Waals surface area contributed by atoms with Crippen LogP contribution in [0.1, 0.15) is 28.8 Å². The van der Waals surface area contributed by atoms with Crippen LogP contribution in [0.4, 0.5) is 4.39 Å². The van der Waals surface area contributed by atoms with Crippen LogP contribution in [0.25, 0.3) is 0 Å². The molecule has 1 fully saturated rings. The van der Waals surface area contributed by atoms with E-state index in [2.05, 4.69) is 0 Å². The number of amides is 1. The van der Waals surface area contributed by atoms with Crippen LogP contribution in [0.2, 0.25) is 4.34 Å². The molecule has 1 aliphatic carbocycles. The van der Waals surface area contributed by atoms with Crippen molar-refractivity contribution in [3.63, 3.8) is 0 Å². The molecule has 0 saturated heterocycles. The van der Waals surface area contributed by atoms with Crippen LogP contribution < -0.4 is 0 Å². The fourth-order valence-electron chi connectivity index (χ4n) is 3.29. The molecule has 2 aromatic rings. The molecule has 0 N–H and O–H groups in total. The molecule has 2 heterocycles. The highest BCUT2D eigenvalue weighted by molar-refractivity contribution is 7.16. The van der Waals surface area contributed by atoms with Crippen LogP contribution in [-0.2, 0) is 23.2 Å². The van der Waals surface area contributed by atoms with Crippen LogP contribution in [0.5, 0.6) is 0 Å². The van der Waals surface area contributed by atoms with Gasteiger partial charge in [0.1, 0.15) is 5.82 Å². The lowest BCUT2D eigenvalue weighted by Crippen LogP contribution is -2.41. The van der Waals surface area contributed by atoms with Crippen molar-refractivity contribution in [2.75, 3.05) is 6.54 Å². The minimum Gasteiger partial charge on any atom is -0.337 e. The van der Waals surface area contributed by atoms with Gasteiger partial charge in [-0.2, -0.15) is 0 Å². The first-order valence-corrected chi connectivity index (χ1v) is 8.60. The summed E-state index contributed by atoms with van der Waals surface area (Å²) in [4.78, 5) is 16.2. The maximum absolute atomic E-state index is 13.1. The second kappa shape index (κ2) is 5.07. The SMILES string of the molecule is O=C(N1CCc2sc(Cl)cc2C1)C1(c2ccc(F)cc2)CC1. The smallest absolute Gasteiger partial charge is 0.233 e. The monoisotopic (exact) mass is 335 g/mol. The lowest BCUT2D eigenvalue weighted by Gasteiger charge is -2.31. The lowest BCUT2D eigenvalue weighted by atomic mass is 9.93. The summed E-state index contributed by atoms with van der Waals surface area (Å²) >= 11 is 7.68. The Morgan fingerprint density at radius 3 is 2.68 bits per heavy atom. The highest BCUT2D eigenvalue weighted by Gasteiger charge is 2.53. The fourth-order valence-corrected chi connectivity index (χ4v) is 4.59. The Balaban J connectivity index is 1.58. The largest absolute Gasteiger partial charge is 0.337 e. The van der Waals surface area contributed by atoms with E-state index in [-0.39, 0.29) is 11.7 Å². The molecule has 5 heteroatoms. The molecule has 1 aromatic heterocycles. The van der Waals surface area contributed by atoms with Crippen molar-refractivity contribution < 1.29 is 9.18 Å². The molecular weight excluding hydrogens is 321 g/mol. The van der Waals surface area contributed by atoms with E-state index in [9.17, 15) is 9.18 Å². The lowest BCUT2D eigenvalue weighted by molar-refractivity contribution is -0.134. The van der Waals surface area contributed by atoms with Crippen molar-refractivity contribution in [3.8, 4) is 0 Å². The second-order valence-electron chi connectivity index (χ2n) is 6.06. The Bertz CT molecular complexity index is 736. The topological polar surface area (TPSA) is 20.3 Å². The zero-order chi connectivity index (χ0) is 15.3. The first-order chi connectivity index (χ1) is 10.6. The molecule has 2 aliphatic rings. The van der Waals surface area contributed by atoms with Gasteiger partial charge in [0.15, 0.2) is 0 Å². The van der Waals surface area contributed by atoms with Gasteiger partial charge in [-0.1, -0.05) is 23.7 Å². The third-order valence-corrected chi connectivity index (χ3v) is 6.05. The van der Waals surface area contributed by atoms with E-state index in [0.29, 0.717) is 6.54 Å². The number of hydrogen-bond acceptors (Lipinski definition) is 2. The van der Waals surface area contributed by atoms with Crippen LogP contribution in [0, 0.1) is 5.82 Å². The number of hydrogen-bond donors (Lipinski definition) is 0. The van der Waals surface area contributed by atoms with Crippen LogP contribution in [0.15, 0.2) is 30.3 Å². The molecule has 0 radical (unpaired) electrons. The molecular formula is C17H15ClFNOS. The number of rotatable bonds is 2. The Labute approximate surface area is 137 Å². The average Bonchev–Trinajstić information content (AvgIpc) is 3.23.